The molecule has 0 aromatic carbocycles. The van der Waals surface area contributed by atoms with Gasteiger partial charge in [-0.3, -0.25) is 9.00 Å². The number of unbranched alkanes of at least 4 members (excludes halogenated alkanes) is 1. The lowest BCUT2D eigenvalue weighted by molar-refractivity contribution is -0.136. The Balaban J connectivity index is 2.42. The fraction of sp³-hybridized carbons (Fsp3) is 0.909. The summed E-state index contributed by atoms with van der Waals surface area (Å²) in [6.45, 7) is 2.72. The van der Waals surface area contributed by atoms with E-state index in [1.165, 1.54) is 0 Å². The largest absolute Gasteiger partial charge is 0.480 e. The molecule has 1 aliphatic rings. The van der Waals surface area contributed by atoms with Crippen molar-refractivity contribution in [2.24, 2.45) is 0 Å². The summed E-state index contributed by atoms with van der Waals surface area (Å²) in [5.74, 6) is -0.564. The van der Waals surface area contributed by atoms with Crippen molar-refractivity contribution < 1.29 is 18.8 Å². The molecule has 1 N–H and O–H groups in total. The molecule has 0 radical (unpaired) electrons. The van der Waals surface area contributed by atoms with Gasteiger partial charge in [0, 0.05) is 17.4 Å². The molecule has 1 fully saturated rings. The quantitative estimate of drug-likeness (QED) is 0.742. The lowest BCUT2D eigenvalue weighted by atomic mass is 10.2. The van der Waals surface area contributed by atoms with Gasteiger partial charge in [-0.25, -0.2) is 0 Å². The number of aliphatic carboxylic acids is 1. The lowest BCUT2D eigenvalue weighted by Crippen LogP contribution is -2.31. The van der Waals surface area contributed by atoms with Gasteiger partial charge in [0.05, 0.1) is 11.9 Å². The Hall–Kier alpha value is -0.420. The van der Waals surface area contributed by atoms with Crippen LogP contribution >= 0.6 is 0 Å². The Labute approximate surface area is 98.8 Å². The summed E-state index contributed by atoms with van der Waals surface area (Å²) in [6, 6.07) is 0. The molecule has 0 amide bonds. The Bertz CT molecular complexity index is 248. The first kappa shape index (κ1) is 13.6. The summed E-state index contributed by atoms with van der Waals surface area (Å²) in [5.41, 5.74) is 0. The number of ether oxygens (including phenoxy) is 1. The monoisotopic (exact) mass is 248 g/mol. The van der Waals surface area contributed by atoms with Crippen LogP contribution in [0, 0.1) is 0 Å². The third kappa shape index (κ3) is 4.22. The minimum absolute atomic E-state index is 0.00399. The van der Waals surface area contributed by atoms with Gasteiger partial charge >= 0.3 is 5.97 Å². The molecule has 1 aliphatic heterocycles. The second-order valence-corrected chi connectivity index (χ2v) is 5.82. The van der Waals surface area contributed by atoms with Crippen LogP contribution in [0.3, 0.4) is 0 Å². The van der Waals surface area contributed by atoms with Crippen molar-refractivity contribution in [1.29, 1.82) is 0 Å². The van der Waals surface area contributed by atoms with E-state index in [1.54, 1.807) is 0 Å². The van der Waals surface area contributed by atoms with Crippen LogP contribution in [-0.2, 0) is 20.3 Å². The Morgan fingerprint density at radius 3 is 2.88 bits per heavy atom. The van der Waals surface area contributed by atoms with Crippen molar-refractivity contribution in [1.82, 2.24) is 0 Å². The van der Waals surface area contributed by atoms with Gasteiger partial charge in [-0.1, -0.05) is 19.8 Å². The van der Waals surface area contributed by atoms with Gasteiger partial charge in [-0.2, -0.15) is 0 Å². The molecule has 0 bridgehead atoms. The predicted octanol–water partition coefficient (Wildman–Crippen LogP) is 1.56. The second kappa shape index (κ2) is 7.01. The zero-order valence-electron chi connectivity index (χ0n) is 9.68. The molecule has 4 nitrogen and oxygen atoms in total. The number of carbonyl (C=O) groups is 1. The molecular formula is C11H20O4S. The fourth-order valence-corrected chi connectivity index (χ4v) is 3.35. The summed E-state index contributed by atoms with van der Waals surface area (Å²) in [7, 11) is -1.30. The highest BCUT2D eigenvalue weighted by atomic mass is 32.2. The van der Waals surface area contributed by atoms with E-state index in [2.05, 4.69) is 0 Å². The highest BCUT2D eigenvalue weighted by Gasteiger charge is 2.27. The first-order valence-electron chi connectivity index (χ1n) is 5.86. The van der Waals surface area contributed by atoms with Gasteiger partial charge in [0.15, 0.2) is 0 Å². The first-order chi connectivity index (χ1) is 7.65. The Morgan fingerprint density at radius 1 is 1.62 bits per heavy atom. The molecule has 94 valence electrons. The van der Waals surface area contributed by atoms with E-state index in [0.29, 0.717) is 18.8 Å². The molecule has 1 heterocycles. The minimum atomic E-state index is -1.30. The van der Waals surface area contributed by atoms with Gasteiger partial charge < -0.3 is 9.84 Å². The molecule has 0 aromatic rings. The molecule has 5 heteroatoms. The first-order valence-corrected chi connectivity index (χ1v) is 7.25. The molecule has 0 spiro atoms. The van der Waals surface area contributed by atoms with E-state index in [-0.39, 0.29) is 6.10 Å². The van der Waals surface area contributed by atoms with Gasteiger partial charge in [-0.05, 0) is 19.3 Å². The van der Waals surface area contributed by atoms with Crippen LogP contribution in [0.2, 0.25) is 0 Å². The summed E-state index contributed by atoms with van der Waals surface area (Å²) >= 11 is 0. The average Bonchev–Trinajstić information content (AvgIpc) is 2.70. The van der Waals surface area contributed by atoms with Crippen LogP contribution < -0.4 is 0 Å². The Morgan fingerprint density at radius 2 is 2.38 bits per heavy atom. The van der Waals surface area contributed by atoms with E-state index in [4.69, 9.17) is 9.84 Å². The van der Waals surface area contributed by atoms with Crippen molar-refractivity contribution >= 4 is 16.8 Å². The summed E-state index contributed by atoms with van der Waals surface area (Å²) < 4.78 is 17.3. The molecule has 1 saturated heterocycles. The van der Waals surface area contributed by atoms with Crippen molar-refractivity contribution in [3.8, 4) is 0 Å². The van der Waals surface area contributed by atoms with Crippen LogP contribution in [0.5, 0.6) is 0 Å². The molecule has 3 atom stereocenters. The maximum Gasteiger partial charge on any atom is 0.319 e. The van der Waals surface area contributed by atoms with Gasteiger partial charge in [0.25, 0.3) is 0 Å². The number of hydrogen-bond acceptors (Lipinski definition) is 3. The standard InChI is InChI=1S/C11H20O4S/c1-2-3-6-10(11(12)13)16(14)8-9-5-4-7-15-9/h9-10H,2-8H2,1H3,(H,12,13). The normalized spacial score (nSPS) is 24.2. The van der Waals surface area contributed by atoms with Gasteiger partial charge in [-0.15, -0.1) is 0 Å². The van der Waals surface area contributed by atoms with E-state index < -0.39 is 22.0 Å². The van der Waals surface area contributed by atoms with Crippen molar-refractivity contribution in [2.45, 2.75) is 50.4 Å². The molecule has 0 saturated carbocycles. The van der Waals surface area contributed by atoms with E-state index in [1.807, 2.05) is 6.92 Å². The topological polar surface area (TPSA) is 63.6 Å². The van der Waals surface area contributed by atoms with Crippen LogP contribution in [0.15, 0.2) is 0 Å². The number of carboxylic acid groups (broad SMARTS) is 1. The third-order valence-corrected chi connectivity index (χ3v) is 4.56. The number of hydrogen-bond donors (Lipinski definition) is 1. The van der Waals surface area contributed by atoms with Crippen LogP contribution in [0.1, 0.15) is 39.0 Å². The highest BCUT2D eigenvalue weighted by Crippen LogP contribution is 2.16. The van der Waals surface area contributed by atoms with Crippen molar-refractivity contribution in [3.05, 3.63) is 0 Å². The summed E-state index contributed by atoms with van der Waals surface area (Å²) in [4.78, 5) is 11.0. The number of carboxylic acids is 1. The van der Waals surface area contributed by atoms with Crippen LogP contribution in [0.4, 0.5) is 0 Å². The van der Waals surface area contributed by atoms with E-state index >= 15 is 0 Å². The van der Waals surface area contributed by atoms with E-state index in [9.17, 15) is 9.00 Å². The second-order valence-electron chi connectivity index (χ2n) is 4.15. The summed E-state index contributed by atoms with van der Waals surface area (Å²) in [6.07, 6.45) is 4.16. The zero-order chi connectivity index (χ0) is 12.0. The molecule has 3 unspecified atom stereocenters. The highest BCUT2D eigenvalue weighted by molar-refractivity contribution is 7.86. The average molecular weight is 248 g/mol. The SMILES string of the molecule is CCCCC(C(=O)O)S(=O)CC1CCCO1. The fourth-order valence-electron chi connectivity index (χ4n) is 1.83. The van der Waals surface area contributed by atoms with Crippen LogP contribution in [0.25, 0.3) is 0 Å². The van der Waals surface area contributed by atoms with E-state index in [0.717, 1.165) is 25.7 Å². The molecule has 16 heavy (non-hydrogen) atoms. The lowest BCUT2D eigenvalue weighted by Gasteiger charge is -2.14. The molecule has 0 aromatic heterocycles. The maximum atomic E-state index is 11.9. The predicted molar refractivity (Wildman–Crippen MR) is 62.9 cm³/mol. The molecule has 0 aliphatic carbocycles. The van der Waals surface area contributed by atoms with Gasteiger partial charge in [0.1, 0.15) is 5.25 Å². The molecular weight excluding hydrogens is 228 g/mol. The van der Waals surface area contributed by atoms with Gasteiger partial charge in [0.2, 0.25) is 0 Å². The smallest absolute Gasteiger partial charge is 0.319 e. The third-order valence-electron chi connectivity index (χ3n) is 2.79. The maximum absolute atomic E-state index is 11.9. The molecule has 1 rings (SSSR count). The van der Waals surface area contributed by atoms with Crippen LogP contribution in [-0.4, -0.2) is 39.0 Å². The summed E-state index contributed by atoms with van der Waals surface area (Å²) in [5, 5.41) is 8.29. The van der Waals surface area contributed by atoms with Crippen molar-refractivity contribution in [3.63, 3.8) is 0 Å². The number of rotatable bonds is 7. The minimum Gasteiger partial charge on any atom is -0.480 e. The zero-order valence-corrected chi connectivity index (χ0v) is 10.5. The Kier molecular flexibility index (Phi) is 5.98. The van der Waals surface area contributed by atoms with Crippen molar-refractivity contribution in [2.75, 3.05) is 12.4 Å².